The molecule has 1 saturated carbocycles. The molecular formula is C20H24N4O2. The minimum atomic E-state index is -0.202. The van der Waals surface area contributed by atoms with Crippen molar-refractivity contribution in [1.82, 2.24) is 10.3 Å². The average Bonchev–Trinajstić information content (AvgIpc) is 2.67. The quantitative estimate of drug-likeness (QED) is 0.770. The highest BCUT2D eigenvalue weighted by Gasteiger charge is 2.25. The minimum Gasteiger partial charge on any atom is -0.346 e. The lowest BCUT2D eigenvalue weighted by Gasteiger charge is -2.25. The number of rotatable bonds is 5. The molecule has 1 aromatic carbocycles. The summed E-state index contributed by atoms with van der Waals surface area (Å²) < 4.78 is 0. The van der Waals surface area contributed by atoms with Crippen molar-refractivity contribution in [3.8, 4) is 0 Å². The number of hydrogen-bond donors (Lipinski definition) is 3. The summed E-state index contributed by atoms with van der Waals surface area (Å²) in [4.78, 5) is 28.9. The van der Waals surface area contributed by atoms with Gasteiger partial charge in [0.1, 0.15) is 0 Å². The molecule has 26 heavy (non-hydrogen) atoms. The highest BCUT2D eigenvalue weighted by atomic mass is 16.2. The zero-order chi connectivity index (χ0) is 18.4. The molecule has 0 bridgehead atoms. The third-order valence-corrected chi connectivity index (χ3v) is 4.63. The van der Waals surface area contributed by atoms with E-state index in [-0.39, 0.29) is 23.8 Å². The van der Waals surface area contributed by atoms with Crippen LogP contribution in [0.15, 0.2) is 48.7 Å². The topological polar surface area (TPSA) is 97.1 Å². The second kappa shape index (κ2) is 8.58. The molecule has 136 valence electrons. The van der Waals surface area contributed by atoms with Crippen molar-refractivity contribution in [2.45, 2.75) is 38.3 Å². The monoisotopic (exact) mass is 352 g/mol. The zero-order valence-electron chi connectivity index (χ0n) is 14.7. The molecule has 6 heteroatoms. The predicted molar refractivity (Wildman–Crippen MR) is 100 cm³/mol. The first-order chi connectivity index (χ1) is 12.6. The molecule has 0 aliphatic heterocycles. The maximum atomic E-state index is 12.4. The van der Waals surface area contributed by atoms with E-state index in [2.05, 4.69) is 15.6 Å². The molecular weight excluding hydrogens is 328 g/mol. The Hall–Kier alpha value is -2.73. The van der Waals surface area contributed by atoms with Gasteiger partial charge in [0, 0.05) is 29.4 Å². The SMILES string of the molecule is NC1CCCC(C(=O)Nc2cccc(C(=O)NCc3ccccn3)c2)C1. The van der Waals surface area contributed by atoms with E-state index < -0.39 is 0 Å². The van der Waals surface area contributed by atoms with Crippen LogP contribution in [0.25, 0.3) is 0 Å². The Kier molecular flexibility index (Phi) is 5.96. The van der Waals surface area contributed by atoms with Crippen LogP contribution in [-0.4, -0.2) is 22.8 Å². The van der Waals surface area contributed by atoms with Crippen molar-refractivity contribution in [2.75, 3.05) is 5.32 Å². The van der Waals surface area contributed by atoms with E-state index >= 15 is 0 Å². The highest BCUT2D eigenvalue weighted by molar-refractivity contribution is 5.97. The summed E-state index contributed by atoms with van der Waals surface area (Å²) in [5.41, 5.74) is 7.88. The molecule has 2 aromatic rings. The van der Waals surface area contributed by atoms with Gasteiger partial charge in [-0.05, 0) is 49.6 Å². The van der Waals surface area contributed by atoms with Gasteiger partial charge in [0.05, 0.1) is 12.2 Å². The van der Waals surface area contributed by atoms with E-state index in [9.17, 15) is 9.59 Å². The van der Waals surface area contributed by atoms with Gasteiger partial charge in [-0.15, -0.1) is 0 Å². The standard InChI is InChI=1S/C20H24N4O2/c21-16-7-3-5-14(11-16)20(26)24-17-9-4-6-15(12-17)19(25)23-13-18-8-1-2-10-22-18/h1-2,4,6,8-10,12,14,16H,3,5,7,11,13,21H2,(H,23,25)(H,24,26). The number of anilines is 1. The Bertz CT molecular complexity index is 763. The van der Waals surface area contributed by atoms with Gasteiger partial charge in [-0.3, -0.25) is 14.6 Å². The molecule has 1 aliphatic rings. The fraction of sp³-hybridized carbons (Fsp3) is 0.350. The molecule has 1 fully saturated rings. The molecule has 0 spiro atoms. The fourth-order valence-electron chi connectivity index (χ4n) is 3.22. The lowest BCUT2D eigenvalue weighted by molar-refractivity contribution is -0.120. The van der Waals surface area contributed by atoms with Crippen molar-refractivity contribution in [1.29, 1.82) is 0 Å². The average molecular weight is 352 g/mol. The Morgan fingerprint density at radius 3 is 2.81 bits per heavy atom. The summed E-state index contributed by atoms with van der Waals surface area (Å²) in [7, 11) is 0. The number of aromatic nitrogens is 1. The normalized spacial score (nSPS) is 19.6. The van der Waals surface area contributed by atoms with Crippen LogP contribution < -0.4 is 16.4 Å². The maximum Gasteiger partial charge on any atom is 0.251 e. The first-order valence-electron chi connectivity index (χ1n) is 8.96. The number of nitrogens with one attached hydrogen (secondary N) is 2. The van der Waals surface area contributed by atoms with Crippen LogP contribution in [0.3, 0.4) is 0 Å². The van der Waals surface area contributed by atoms with E-state index in [1.165, 1.54) is 0 Å². The van der Waals surface area contributed by atoms with Gasteiger partial charge >= 0.3 is 0 Å². The van der Waals surface area contributed by atoms with E-state index in [0.717, 1.165) is 31.4 Å². The van der Waals surface area contributed by atoms with Crippen LogP contribution in [0.2, 0.25) is 0 Å². The number of pyridine rings is 1. The zero-order valence-corrected chi connectivity index (χ0v) is 14.7. The van der Waals surface area contributed by atoms with Gasteiger partial charge < -0.3 is 16.4 Å². The second-order valence-electron chi connectivity index (χ2n) is 6.70. The lowest BCUT2D eigenvalue weighted by atomic mass is 9.85. The van der Waals surface area contributed by atoms with E-state index in [0.29, 0.717) is 17.8 Å². The molecule has 1 heterocycles. The number of amides is 2. The van der Waals surface area contributed by atoms with Gasteiger partial charge in [0.2, 0.25) is 5.91 Å². The van der Waals surface area contributed by atoms with Gasteiger partial charge in [0.15, 0.2) is 0 Å². The molecule has 3 rings (SSSR count). The Balaban J connectivity index is 1.58. The molecule has 1 aliphatic carbocycles. The summed E-state index contributed by atoms with van der Waals surface area (Å²) in [6, 6.07) is 12.6. The number of hydrogen-bond acceptors (Lipinski definition) is 4. The van der Waals surface area contributed by atoms with Gasteiger partial charge in [-0.25, -0.2) is 0 Å². The Morgan fingerprint density at radius 2 is 2.04 bits per heavy atom. The van der Waals surface area contributed by atoms with Gasteiger partial charge in [-0.1, -0.05) is 18.6 Å². The van der Waals surface area contributed by atoms with Gasteiger partial charge in [0.25, 0.3) is 5.91 Å². The lowest BCUT2D eigenvalue weighted by Crippen LogP contribution is -2.34. The maximum absolute atomic E-state index is 12.4. The summed E-state index contributed by atoms with van der Waals surface area (Å²) in [6.45, 7) is 0.357. The fourth-order valence-corrected chi connectivity index (χ4v) is 3.22. The van der Waals surface area contributed by atoms with Crippen LogP contribution in [-0.2, 0) is 11.3 Å². The van der Waals surface area contributed by atoms with Gasteiger partial charge in [-0.2, -0.15) is 0 Å². The summed E-state index contributed by atoms with van der Waals surface area (Å²) in [5.74, 6) is -0.280. The van der Waals surface area contributed by atoms with Crippen molar-refractivity contribution >= 4 is 17.5 Å². The second-order valence-corrected chi connectivity index (χ2v) is 6.70. The van der Waals surface area contributed by atoms with Crippen molar-refractivity contribution in [2.24, 2.45) is 11.7 Å². The number of benzene rings is 1. The van der Waals surface area contributed by atoms with Crippen LogP contribution in [0.1, 0.15) is 41.7 Å². The minimum absolute atomic E-state index is 0.0220. The molecule has 0 saturated heterocycles. The molecule has 0 radical (unpaired) electrons. The third-order valence-electron chi connectivity index (χ3n) is 4.63. The first kappa shape index (κ1) is 18.1. The predicted octanol–water partition coefficient (Wildman–Crippen LogP) is 2.47. The molecule has 2 unspecified atom stereocenters. The third kappa shape index (κ3) is 4.89. The van der Waals surface area contributed by atoms with Crippen molar-refractivity contribution in [3.05, 3.63) is 59.9 Å². The van der Waals surface area contributed by atoms with E-state index in [4.69, 9.17) is 5.73 Å². The first-order valence-corrected chi connectivity index (χ1v) is 8.96. The summed E-state index contributed by atoms with van der Waals surface area (Å²) in [5, 5.41) is 5.75. The van der Waals surface area contributed by atoms with Crippen molar-refractivity contribution in [3.63, 3.8) is 0 Å². The Morgan fingerprint density at radius 1 is 1.15 bits per heavy atom. The van der Waals surface area contributed by atoms with Crippen molar-refractivity contribution < 1.29 is 9.59 Å². The van der Waals surface area contributed by atoms with Crippen LogP contribution >= 0.6 is 0 Å². The summed E-state index contributed by atoms with van der Waals surface area (Å²) in [6.07, 6.45) is 5.24. The molecule has 4 N–H and O–H groups in total. The smallest absolute Gasteiger partial charge is 0.251 e. The van der Waals surface area contributed by atoms with E-state index in [1.807, 2.05) is 18.2 Å². The number of nitrogens with two attached hydrogens (primary N) is 1. The largest absolute Gasteiger partial charge is 0.346 e. The summed E-state index contributed by atoms with van der Waals surface area (Å²) >= 11 is 0. The molecule has 6 nitrogen and oxygen atoms in total. The number of carbonyl (C=O) groups is 2. The van der Waals surface area contributed by atoms with Crippen LogP contribution in [0, 0.1) is 5.92 Å². The molecule has 2 amide bonds. The van der Waals surface area contributed by atoms with Crippen LogP contribution in [0.5, 0.6) is 0 Å². The number of nitrogens with zero attached hydrogens (tertiary/aromatic N) is 1. The Labute approximate surface area is 153 Å². The van der Waals surface area contributed by atoms with Crippen LogP contribution in [0.4, 0.5) is 5.69 Å². The molecule has 1 aromatic heterocycles. The number of carbonyl (C=O) groups excluding carboxylic acids is 2. The van der Waals surface area contributed by atoms with E-state index in [1.54, 1.807) is 30.5 Å². The highest BCUT2D eigenvalue weighted by Crippen LogP contribution is 2.24. The molecule has 2 atom stereocenters.